The molecule has 0 radical (unpaired) electrons. The first kappa shape index (κ1) is 14.9. The van der Waals surface area contributed by atoms with E-state index in [4.69, 9.17) is 0 Å². The van der Waals surface area contributed by atoms with Crippen LogP contribution in [-0.4, -0.2) is 5.03 Å². The van der Waals surface area contributed by atoms with Crippen molar-refractivity contribution in [3.8, 4) is 0 Å². The number of hydrazine groups is 1. The first-order valence-corrected chi connectivity index (χ1v) is 5.44. The van der Waals surface area contributed by atoms with Gasteiger partial charge >= 0.3 is 29.6 Å². The molecule has 0 bridgehead atoms. The van der Waals surface area contributed by atoms with E-state index in [0.29, 0.717) is 14.6 Å². The van der Waals surface area contributed by atoms with Crippen molar-refractivity contribution < 1.29 is 36.0 Å². The number of hydrogen-bond acceptors (Lipinski definition) is 2. The number of nitrogens with one attached hydrogen (secondary N) is 1. The zero-order chi connectivity index (χ0) is 10.0. The van der Waals surface area contributed by atoms with E-state index in [-0.39, 0.29) is 31.0 Å². The minimum absolute atomic E-state index is 0. The monoisotopic (exact) mass is 396 g/mol. The van der Waals surface area contributed by atoms with Crippen LogP contribution < -0.4 is 35.0 Å². The van der Waals surface area contributed by atoms with Crippen molar-refractivity contribution in [1.29, 1.82) is 0 Å². The molecule has 14 heavy (non-hydrogen) atoms. The average Bonchev–Trinajstić information content (AvgIpc) is 1.96. The van der Waals surface area contributed by atoms with E-state index in [2.05, 4.69) is 53.2 Å². The summed E-state index contributed by atoms with van der Waals surface area (Å²) in [5.41, 5.74) is 2.47. The second-order valence-corrected chi connectivity index (χ2v) is 4.74. The van der Waals surface area contributed by atoms with Crippen molar-refractivity contribution in [2.75, 3.05) is 5.43 Å². The van der Waals surface area contributed by atoms with Crippen molar-refractivity contribution in [3.63, 3.8) is 0 Å². The fourth-order valence-corrected chi connectivity index (χ4v) is 3.18. The van der Waals surface area contributed by atoms with Gasteiger partial charge in [0.2, 0.25) is 0 Å². The summed E-state index contributed by atoms with van der Waals surface area (Å²) in [5, 5.41) is 9.59. The number of nitrogens with zero attached hydrogens (tertiary/aromatic N) is 1. The van der Waals surface area contributed by atoms with E-state index >= 15 is 0 Å². The molecule has 8 heteroatoms. The number of hydrogen-bond donors (Lipinski definition) is 1. The maximum atomic E-state index is 10.2. The third kappa shape index (κ3) is 4.16. The zero-order valence-electron chi connectivity index (χ0n) is 8.05. The van der Waals surface area contributed by atoms with Crippen LogP contribution in [-0.2, 0) is 0 Å². The SMILES string of the molecule is O=[N+]([O-])Nc1c(Br)cc(Br)cc1Br.[H-].[Na+]. The molecule has 0 atom stereocenters. The van der Waals surface area contributed by atoms with Gasteiger partial charge < -0.3 is 1.43 Å². The molecule has 0 aromatic heterocycles. The predicted molar refractivity (Wildman–Crippen MR) is 61.3 cm³/mol. The van der Waals surface area contributed by atoms with E-state index in [1.54, 1.807) is 12.1 Å². The van der Waals surface area contributed by atoms with E-state index in [1.165, 1.54) is 0 Å². The topological polar surface area (TPSA) is 55.2 Å². The molecule has 0 unspecified atom stereocenters. The normalized spacial score (nSPS) is 9.07. The Bertz CT molecular complexity index is 343. The van der Waals surface area contributed by atoms with Gasteiger partial charge in [-0.3, -0.25) is 0 Å². The van der Waals surface area contributed by atoms with Crippen LogP contribution in [0.4, 0.5) is 5.69 Å². The van der Waals surface area contributed by atoms with Crippen molar-refractivity contribution in [2.24, 2.45) is 0 Å². The van der Waals surface area contributed by atoms with Gasteiger partial charge in [-0.1, -0.05) is 15.9 Å². The summed E-state index contributed by atoms with van der Waals surface area (Å²) in [6.07, 6.45) is 0. The smallest absolute Gasteiger partial charge is 1.00 e. The number of halogens is 3. The molecule has 0 saturated carbocycles. The minimum atomic E-state index is -0.612. The molecule has 0 aliphatic rings. The van der Waals surface area contributed by atoms with Gasteiger partial charge in [-0.05, 0) is 44.0 Å². The first-order chi connectivity index (χ1) is 6.00. The van der Waals surface area contributed by atoms with E-state index < -0.39 is 5.03 Å². The number of rotatable bonds is 2. The summed E-state index contributed by atoms with van der Waals surface area (Å²) in [6.45, 7) is 0. The van der Waals surface area contributed by atoms with Gasteiger partial charge in [0.25, 0.3) is 0 Å². The molecular formula is C6H4Br3N2NaO2. The molecule has 0 aliphatic heterocycles. The molecule has 0 saturated heterocycles. The van der Waals surface area contributed by atoms with E-state index in [1.807, 2.05) is 0 Å². The zero-order valence-corrected chi connectivity index (χ0v) is 13.8. The molecular weight excluding hydrogens is 395 g/mol. The van der Waals surface area contributed by atoms with Crippen LogP contribution >= 0.6 is 47.8 Å². The standard InChI is InChI=1S/C6H3Br3N2O2.Na.H/c7-3-1-4(8)6(5(9)2-3)10-11(12)13;;/h1-2,10H;;/q;+1;-1. The van der Waals surface area contributed by atoms with Gasteiger partial charge in [-0.25, -0.2) is 10.1 Å². The molecule has 1 aromatic rings. The molecule has 0 heterocycles. The van der Waals surface area contributed by atoms with Crippen molar-refractivity contribution in [3.05, 3.63) is 35.7 Å². The summed E-state index contributed by atoms with van der Waals surface area (Å²) in [6, 6.07) is 3.44. The Morgan fingerprint density at radius 1 is 1.29 bits per heavy atom. The number of benzene rings is 1. The van der Waals surface area contributed by atoms with Crippen LogP contribution in [0.15, 0.2) is 25.6 Å². The largest absolute Gasteiger partial charge is 1.00 e. The number of anilines is 1. The molecule has 0 spiro atoms. The van der Waals surface area contributed by atoms with Crippen LogP contribution in [0.3, 0.4) is 0 Å². The van der Waals surface area contributed by atoms with Crippen molar-refractivity contribution >= 4 is 53.5 Å². The van der Waals surface area contributed by atoms with Crippen molar-refractivity contribution in [1.82, 2.24) is 0 Å². The third-order valence-electron chi connectivity index (χ3n) is 1.21. The van der Waals surface area contributed by atoms with Crippen LogP contribution in [0.2, 0.25) is 0 Å². The quantitative estimate of drug-likeness (QED) is 0.453. The fourth-order valence-electron chi connectivity index (χ4n) is 0.740. The predicted octanol–water partition coefficient (Wildman–Crippen LogP) is 0.694. The first-order valence-electron chi connectivity index (χ1n) is 3.06. The second-order valence-electron chi connectivity index (χ2n) is 2.11. The Labute approximate surface area is 129 Å². The van der Waals surface area contributed by atoms with Gasteiger partial charge in [-0.2, -0.15) is 0 Å². The Morgan fingerprint density at radius 3 is 2.07 bits per heavy atom. The van der Waals surface area contributed by atoms with Crippen LogP contribution in [0.5, 0.6) is 0 Å². The Balaban J connectivity index is 0. The summed E-state index contributed by atoms with van der Waals surface area (Å²) < 4.78 is 2.07. The van der Waals surface area contributed by atoms with Gasteiger partial charge in [0, 0.05) is 13.4 Å². The molecule has 72 valence electrons. The van der Waals surface area contributed by atoms with Crippen LogP contribution in [0.25, 0.3) is 0 Å². The molecule has 0 fully saturated rings. The van der Waals surface area contributed by atoms with Gasteiger partial charge in [0.05, 0.1) is 0 Å². The molecule has 1 aromatic carbocycles. The van der Waals surface area contributed by atoms with E-state index in [0.717, 1.165) is 4.47 Å². The Hall–Kier alpha value is 0.860. The molecule has 0 aliphatic carbocycles. The van der Waals surface area contributed by atoms with Crippen LogP contribution in [0, 0.1) is 10.1 Å². The maximum absolute atomic E-state index is 10.2. The van der Waals surface area contributed by atoms with Crippen molar-refractivity contribution in [2.45, 2.75) is 0 Å². The van der Waals surface area contributed by atoms with Crippen LogP contribution in [0.1, 0.15) is 1.43 Å². The Kier molecular flexibility index (Phi) is 6.84. The fraction of sp³-hybridized carbons (Fsp3) is 0. The molecule has 0 amide bonds. The average molecular weight is 399 g/mol. The van der Waals surface area contributed by atoms with Gasteiger partial charge in [0.1, 0.15) is 5.69 Å². The molecule has 1 N–H and O–H groups in total. The van der Waals surface area contributed by atoms with E-state index in [9.17, 15) is 10.1 Å². The maximum Gasteiger partial charge on any atom is 1.00 e. The number of nitro groups is 1. The third-order valence-corrected chi connectivity index (χ3v) is 2.92. The minimum Gasteiger partial charge on any atom is -1.00 e. The van der Waals surface area contributed by atoms with Gasteiger partial charge in [0.15, 0.2) is 5.03 Å². The molecule has 1 rings (SSSR count). The summed E-state index contributed by atoms with van der Waals surface area (Å²) >= 11 is 9.65. The summed E-state index contributed by atoms with van der Waals surface area (Å²) in [7, 11) is 0. The molecule has 4 nitrogen and oxygen atoms in total. The second kappa shape index (κ2) is 6.44. The Morgan fingerprint density at radius 2 is 1.71 bits per heavy atom. The summed E-state index contributed by atoms with van der Waals surface area (Å²) in [4.78, 5) is 10.2. The van der Waals surface area contributed by atoms with Gasteiger partial charge in [-0.15, -0.1) is 5.43 Å². The summed E-state index contributed by atoms with van der Waals surface area (Å²) in [5.74, 6) is 0.